The van der Waals surface area contributed by atoms with Crippen LogP contribution in [0.3, 0.4) is 0 Å². The standard InChI is InChI=1S/C73H120O6/c1-4-7-10-13-16-19-22-25-26-27-28-29-30-31-32-33-34-35-36-37-38-39-40-41-42-43-44-45-46-49-51-54-57-60-63-66-72(75)78-69-70(79-73(76)67-64-61-58-55-52-48-24-21-18-15-12-9-6-3)68-77-71(74)65-62-59-56-53-50-47-23-20-17-14-11-8-5-2/h7,9-10,12,16,18-21,23,25-26,28-29,31-32,34-35,37-38,48,52,70H,4-6,8,11,13-15,17,22,24,27,30,33,36,39-47,49-51,53-69H2,1-3H3/b10-7-,12-9-,19-16-,21-18-,23-20-,26-25-,29-28-,32-31-,35-34-,38-37-,52-48-. The minimum Gasteiger partial charge on any atom is -0.462 e. The first kappa shape index (κ1) is 74.5. The maximum Gasteiger partial charge on any atom is 0.306 e. The third-order valence-corrected chi connectivity index (χ3v) is 13.6. The van der Waals surface area contributed by atoms with E-state index in [1.165, 1.54) is 116 Å². The summed E-state index contributed by atoms with van der Waals surface area (Å²) in [6, 6.07) is 0. The number of rotatable bonds is 58. The molecule has 79 heavy (non-hydrogen) atoms. The van der Waals surface area contributed by atoms with Crippen LogP contribution < -0.4 is 0 Å². The summed E-state index contributed by atoms with van der Waals surface area (Å²) in [6.45, 7) is 6.37. The van der Waals surface area contributed by atoms with Crippen molar-refractivity contribution in [2.24, 2.45) is 0 Å². The van der Waals surface area contributed by atoms with Gasteiger partial charge in [-0.2, -0.15) is 0 Å². The van der Waals surface area contributed by atoms with Crippen LogP contribution in [-0.4, -0.2) is 37.2 Å². The lowest BCUT2D eigenvalue weighted by Crippen LogP contribution is -2.30. The van der Waals surface area contributed by atoms with Crippen molar-refractivity contribution in [3.63, 3.8) is 0 Å². The lowest BCUT2D eigenvalue weighted by molar-refractivity contribution is -0.167. The summed E-state index contributed by atoms with van der Waals surface area (Å²) in [5.41, 5.74) is 0. The molecular formula is C73H120O6. The van der Waals surface area contributed by atoms with E-state index in [1.807, 2.05) is 0 Å². The molecule has 0 bridgehead atoms. The molecule has 1 unspecified atom stereocenters. The van der Waals surface area contributed by atoms with Crippen LogP contribution in [0.1, 0.15) is 290 Å². The number of ether oxygens (including phenoxy) is 3. The molecule has 0 radical (unpaired) electrons. The van der Waals surface area contributed by atoms with Gasteiger partial charge in [0.05, 0.1) is 0 Å². The lowest BCUT2D eigenvalue weighted by Gasteiger charge is -2.18. The Bertz CT molecular complexity index is 1680. The predicted molar refractivity (Wildman–Crippen MR) is 343 cm³/mol. The summed E-state index contributed by atoms with van der Waals surface area (Å²) in [5.74, 6) is -0.932. The summed E-state index contributed by atoms with van der Waals surface area (Å²) in [5, 5.41) is 0. The number of carbonyl (C=O) groups is 3. The van der Waals surface area contributed by atoms with Crippen LogP contribution in [0.15, 0.2) is 134 Å². The van der Waals surface area contributed by atoms with E-state index < -0.39 is 6.10 Å². The Balaban J connectivity index is 4.17. The van der Waals surface area contributed by atoms with Gasteiger partial charge < -0.3 is 14.2 Å². The minimum absolute atomic E-state index is 0.0944. The highest BCUT2D eigenvalue weighted by molar-refractivity contribution is 5.71. The number of unbranched alkanes of at least 4 members (excludes halogenated alkanes) is 25. The van der Waals surface area contributed by atoms with Gasteiger partial charge in [-0.05, 0) is 135 Å². The zero-order chi connectivity index (χ0) is 57.1. The Labute approximate surface area is 487 Å². The fourth-order valence-corrected chi connectivity index (χ4v) is 8.79. The summed E-state index contributed by atoms with van der Waals surface area (Å²) < 4.78 is 16.9. The number of esters is 3. The highest BCUT2D eigenvalue weighted by Crippen LogP contribution is 2.16. The van der Waals surface area contributed by atoms with E-state index in [1.54, 1.807) is 0 Å². The first-order valence-electron chi connectivity index (χ1n) is 32.7. The van der Waals surface area contributed by atoms with Crippen LogP contribution in [0.4, 0.5) is 0 Å². The quantitative estimate of drug-likeness (QED) is 0.0261. The molecule has 0 saturated heterocycles. The first-order chi connectivity index (χ1) is 39.0. The highest BCUT2D eigenvalue weighted by Gasteiger charge is 2.19. The van der Waals surface area contributed by atoms with E-state index >= 15 is 0 Å². The van der Waals surface area contributed by atoms with Gasteiger partial charge in [0, 0.05) is 19.3 Å². The molecule has 0 saturated carbocycles. The van der Waals surface area contributed by atoms with Crippen molar-refractivity contribution < 1.29 is 28.6 Å². The van der Waals surface area contributed by atoms with Crippen molar-refractivity contribution in [2.75, 3.05) is 13.2 Å². The van der Waals surface area contributed by atoms with Crippen LogP contribution in [0.25, 0.3) is 0 Å². The second kappa shape index (κ2) is 66.1. The van der Waals surface area contributed by atoms with Crippen molar-refractivity contribution in [3.05, 3.63) is 134 Å². The smallest absolute Gasteiger partial charge is 0.306 e. The van der Waals surface area contributed by atoms with Crippen molar-refractivity contribution in [1.82, 2.24) is 0 Å². The molecule has 448 valence electrons. The molecule has 1 atom stereocenters. The van der Waals surface area contributed by atoms with E-state index in [0.717, 1.165) is 135 Å². The molecule has 0 spiro atoms. The lowest BCUT2D eigenvalue weighted by atomic mass is 10.0. The van der Waals surface area contributed by atoms with Crippen LogP contribution >= 0.6 is 0 Å². The fraction of sp³-hybridized carbons (Fsp3) is 0.658. The molecule has 0 heterocycles. The Morgan fingerprint density at radius 1 is 0.266 bits per heavy atom. The minimum atomic E-state index is -0.799. The van der Waals surface area contributed by atoms with Gasteiger partial charge in [0.15, 0.2) is 6.10 Å². The Hall–Kier alpha value is -4.45. The number of hydrogen-bond acceptors (Lipinski definition) is 6. The third-order valence-electron chi connectivity index (χ3n) is 13.6. The molecule has 6 heteroatoms. The maximum absolute atomic E-state index is 12.8. The van der Waals surface area contributed by atoms with E-state index in [4.69, 9.17) is 14.2 Å². The highest BCUT2D eigenvalue weighted by atomic mass is 16.6. The molecule has 0 N–H and O–H groups in total. The van der Waals surface area contributed by atoms with Crippen LogP contribution in [-0.2, 0) is 28.6 Å². The molecule has 0 aliphatic rings. The zero-order valence-corrected chi connectivity index (χ0v) is 51.3. The number of allylic oxidation sites excluding steroid dienone is 22. The van der Waals surface area contributed by atoms with E-state index in [2.05, 4.69) is 154 Å². The molecule has 0 aliphatic heterocycles. The molecule has 0 amide bonds. The molecule has 0 fully saturated rings. The molecule has 0 aromatic heterocycles. The van der Waals surface area contributed by atoms with Gasteiger partial charge in [-0.25, -0.2) is 0 Å². The third kappa shape index (κ3) is 64.3. The average Bonchev–Trinajstić information content (AvgIpc) is 3.45. The van der Waals surface area contributed by atoms with Gasteiger partial charge in [-0.15, -0.1) is 0 Å². The monoisotopic (exact) mass is 1090 g/mol. The maximum atomic E-state index is 12.8. The second-order valence-corrected chi connectivity index (χ2v) is 21.3. The van der Waals surface area contributed by atoms with E-state index in [9.17, 15) is 14.4 Å². The SMILES string of the molecule is CC/C=C\C/C=C\C/C=C\C/C=C\C/C=C\C/C=C\C/C=C\CCCCCCCCCCCCCCCC(=O)OCC(COC(=O)CCCCCCC/C=C\CCCCCC)OC(=O)CCCCC/C=C\C/C=C\C/C=C\CC. The van der Waals surface area contributed by atoms with Gasteiger partial charge in [0.25, 0.3) is 0 Å². The van der Waals surface area contributed by atoms with Gasteiger partial charge in [-0.3, -0.25) is 14.4 Å². The van der Waals surface area contributed by atoms with E-state index in [0.29, 0.717) is 12.8 Å². The molecule has 0 aromatic carbocycles. The van der Waals surface area contributed by atoms with Gasteiger partial charge in [-0.1, -0.05) is 270 Å². The fourth-order valence-electron chi connectivity index (χ4n) is 8.79. The Morgan fingerprint density at radius 2 is 0.494 bits per heavy atom. The molecule has 0 aliphatic carbocycles. The molecule has 6 nitrogen and oxygen atoms in total. The molecule has 0 aromatic rings. The normalized spacial score (nSPS) is 13.0. The van der Waals surface area contributed by atoms with Crippen LogP contribution in [0, 0.1) is 0 Å². The van der Waals surface area contributed by atoms with Crippen molar-refractivity contribution >= 4 is 17.9 Å². The predicted octanol–water partition coefficient (Wildman–Crippen LogP) is 22.5. The Kier molecular flexibility index (Phi) is 62.3. The molecule has 0 rings (SSSR count). The topological polar surface area (TPSA) is 78.9 Å². The first-order valence-corrected chi connectivity index (χ1v) is 32.7. The van der Waals surface area contributed by atoms with Gasteiger partial charge >= 0.3 is 17.9 Å². The van der Waals surface area contributed by atoms with Crippen LogP contribution in [0.2, 0.25) is 0 Å². The summed E-state index contributed by atoms with van der Waals surface area (Å²) >= 11 is 0. The largest absolute Gasteiger partial charge is 0.462 e. The van der Waals surface area contributed by atoms with Crippen molar-refractivity contribution in [1.29, 1.82) is 0 Å². The summed E-state index contributed by atoms with van der Waals surface area (Å²) in [6.07, 6.45) is 93.3. The van der Waals surface area contributed by atoms with Crippen LogP contribution in [0.5, 0.6) is 0 Å². The zero-order valence-electron chi connectivity index (χ0n) is 51.3. The second-order valence-electron chi connectivity index (χ2n) is 21.3. The summed E-state index contributed by atoms with van der Waals surface area (Å²) in [4.78, 5) is 38.2. The van der Waals surface area contributed by atoms with Crippen molar-refractivity contribution in [2.45, 2.75) is 297 Å². The average molecular weight is 1090 g/mol. The number of carbonyl (C=O) groups excluding carboxylic acids is 3. The summed E-state index contributed by atoms with van der Waals surface area (Å²) in [7, 11) is 0. The van der Waals surface area contributed by atoms with Gasteiger partial charge in [0.1, 0.15) is 13.2 Å². The van der Waals surface area contributed by atoms with Crippen molar-refractivity contribution in [3.8, 4) is 0 Å². The Morgan fingerprint density at radius 3 is 0.797 bits per heavy atom. The molecular weight excluding hydrogens is 973 g/mol. The van der Waals surface area contributed by atoms with Gasteiger partial charge in [0.2, 0.25) is 0 Å². The van der Waals surface area contributed by atoms with E-state index in [-0.39, 0.29) is 37.5 Å². The number of hydrogen-bond donors (Lipinski definition) is 0.